The molecule has 1 aliphatic carbocycles. The predicted octanol–water partition coefficient (Wildman–Crippen LogP) is 3.87. The number of rotatable bonds is 3. The van der Waals surface area contributed by atoms with E-state index in [2.05, 4.69) is 31.3 Å². The molecule has 0 aromatic rings. The van der Waals surface area contributed by atoms with Crippen molar-refractivity contribution in [3.05, 3.63) is 23.4 Å². The largest absolute Gasteiger partial charge is 0.444 e. The number of amides is 1. The fourth-order valence-corrected chi connectivity index (χ4v) is 3.29. The fourth-order valence-electron chi connectivity index (χ4n) is 3.29. The van der Waals surface area contributed by atoms with Crippen LogP contribution in [-0.4, -0.2) is 41.9 Å². The number of piperidine rings is 1. The van der Waals surface area contributed by atoms with Crippen molar-refractivity contribution in [3.63, 3.8) is 0 Å². The van der Waals surface area contributed by atoms with Gasteiger partial charge < -0.3 is 20.4 Å². The van der Waals surface area contributed by atoms with Gasteiger partial charge in [-0.2, -0.15) is 0 Å². The Bertz CT molecular complexity index is 547. The molecule has 0 unspecified atom stereocenters. The molecule has 0 saturated carbocycles. The fraction of sp³-hybridized carbons (Fsp3) is 0.684. The zero-order chi connectivity index (χ0) is 18.0. The highest BCUT2D eigenvalue weighted by Gasteiger charge is 2.37. The van der Waals surface area contributed by atoms with Gasteiger partial charge in [0.25, 0.3) is 0 Å². The molecule has 1 saturated heterocycles. The number of carbonyl (C=O) groups excluding carboxylic acids is 1. The summed E-state index contributed by atoms with van der Waals surface area (Å²) in [7, 11) is 0. The van der Waals surface area contributed by atoms with Crippen LogP contribution in [0.1, 0.15) is 53.9 Å². The van der Waals surface area contributed by atoms with Crippen molar-refractivity contribution in [3.8, 4) is 0 Å². The summed E-state index contributed by atoms with van der Waals surface area (Å²) >= 11 is 0. The number of nitrogens with zero attached hydrogens (tertiary/aromatic N) is 1. The summed E-state index contributed by atoms with van der Waals surface area (Å²) in [5, 5.41) is 11.2. The molecule has 1 amide bonds. The topological polar surface area (TPSA) is 65.4 Å². The van der Waals surface area contributed by atoms with E-state index < -0.39 is 5.60 Å². The lowest BCUT2D eigenvalue weighted by Gasteiger charge is -2.42. The third kappa shape index (κ3) is 4.62. The summed E-state index contributed by atoms with van der Waals surface area (Å²) in [6.07, 6.45) is 8.33. The summed E-state index contributed by atoms with van der Waals surface area (Å²) in [6, 6.07) is 0.350. The van der Waals surface area contributed by atoms with Gasteiger partial charge in [-0.05, 0) is 70.9 Å². The molecular weight excluding hydrogens is 302 g/mol. The van der Waals surface area contributed by atoms with Gasteiger partial charge in [-0.25, -0.2) is 4.79 Å². The first kappa shape index (κ1) is 18.6. The van der Waals surface area contributed by atoms with Crippen LogP contribution in [0.15, 0.2) is 23.4 Å². The van der Waals surface area contributed by atoms with Crippen LogP contribution in [0.4, 0.5) is 4.79 Å². The normalized spacial score (nSPS) is 20.5. The van der Waals surface area contributed by atoms with E-state index in [0.29, 0.717) is 19.1 Å². The Morgan fingerprint density at radius 3 is 2.50 bits per heavy atom. The Balaban J connectivity index is 1.99. The van der Waals surface area contributed by atoms with Gasteiger partial charge >= 0.3 is 6.09 Å². The first-order valence-electron chi connectivity index (χ1n) is 8.81. The lowest BCUT2D eigenvalue weighted by atomic mass is 9.71. The third-order valence-electron chi connectivity index (χ3n) is 4.52. The Morgan fingerprint density at radius 2 is 2.00 bits per heavy atom. The molecule has 1 heterocycles. The van der Waals surface area contributed by atoms with E-state index in [4.69, 9.17) is 10.1 Å². The molecule has 2 N–H and O–H groups in total. The minimum absolute atomic E-state index is 0.0631. The maximum Gasteiger partial charge on any atom is 0.410 e. The van der Waals surface area contributed by atoms with Gasteiger partial charge in [0, 0.05) is 31.0 Å². The average Bonchev–Trinajstić information content (AvgIpc) is 2.48. The monoisotopic (exact) mass is 333 g/mol. The molecule has 1 spiro atoms. The zero-order valence-corrected chi connectivity index (χ0v) is 15.6. The minimum atomic E-state index is -0.454. The van der Waals surface area contributed by atoms with Crippen molar-refractivity contribution < 1.29 is 9.53 Å². The molecule has 0 bridgehead atoms. The van der Waals surface area contributed by atoms with Crippen molar-refractivity contribution in [1.82, 2.24) is 10.2 Å². The molecule has 5 heteroatoms. The zero-order valence-electron chi connectivity index (χ0n) is 15.6. The van der Waals surface area contributed by atoms with Crippen LogP contribution in [0.2, 0.25) is 0 Å². The Hall–Kier alpha value is -1.78. The Kier molecular flexibility index (Phi) is 5.41. The highest BCUT2D eigenvalue weighted by molar-refractivity contribution is 5.78. The van der Waals surface area contributed by atoms with Crippen LogP contribution in [-0.2, 0) is 4.74 Å². The van der Waals surface area contributed by atoms with Crippen molar-refractivity contribution >= 4 is 12.3 Å². The van der Waals surface area contributed by atoms with Crippen LogP contribution in [0, 0.1) is 10.8 Å². The van der Waals surface area contributed by atoms with Gasteiger partial charge in [-0.3, -0.25) is 0 Å². The molecule has 5 nitrogen and oxygen atoms in total. The molecule has 0 atom stereocenters. The first-order chi connectivity index (χ1) is 11.1. The van der Waals surface area contributed by atoms with Crippen molar-refractivity contribution in [2.24, 2.45) is 5.41 Å². The maximum absolute atomic E-state index is 12.2. The number of ether oxygens (including phenoxy) is 1. The maximum atomic E-state index is 12.2. The predicted molar refractivity (Wildman–Crippen MR) is 97.3 cm³/mol. The number of allylic oxidation sites excluding steroid dienone is 3. The van der Waals surface area contributed by atoms with Gasteiger partial charge in [0.05, 0.1) is 0 Å². The van der Waals surface area contributed by atoms with Gasteiger partial charge in [0.1, 0.15) is 5.60 Å². The van der Waals surface area contributed by atoms with E-state index in [0.717, 1.165) is 30.5 Å². The Labute approximate surface area is 145 Å². The molecule has 2 aliphatic rings. The standard InChI is InChI=1S/C19H31N3O2/c1-14(2)21-16-6-7-19(12-15(16)13-20)8-10-22(11-9-19)17(23)24-18(3,4)5/h6-7,13-14,20-21H,8-12H2,1-5H3. The summed E-state index contributed by atoms with van der Waals surface area (Å²) in [5.41, 5.74) is 1.72. The highest BCUT2D eigenvalue weighted by Crippen LogP contribution is 2.42. The van der Waals surface area contributed by atoms with E-state index in [9.17, 15) is 4.79 Å². The van der Waals surface area contributed by atoms with Gasteiger partial charge in [0.15, 0.2) is 0 Å². The second kappa shape index (κ2) is 6.99. The smallest absolute Gasteiger partial charge is 0.410 e. The van der Waals surface area contributed by atoms with Crippen molar-refractivity contribution in [1.29, 1.82) is 5.41 Å². The number of likely N-dealkylation sites (tertiary alicyclic amines) is 1. The molecular formula is C19H31N3O2. The average molecular weight is 333 g/mol. The number of nitrogens with one attached hydrogen (secondary N) is 2. The molecule has 1 fully saturated rings. The first-order valence-corrected chi connectivity index (χ1v) is 8.81. The molecule has 1 aliphatic heterocycles. The molecule has 24 heavy (non-hydrogen) atoms. The van der Waals surface area contributed by atoms with Crippen molar-refractivity contribution in [2.45, 2.75) is 65.5 Å². The molecule has 0 aromatic heterocycles. The quantitative estimate of drug-likeness (QED) is 0.771. The van der Waals surface area contributed by atoms with E-state index >= 15 is 0 Å². The van der Waals surface area contributed by atoms with Crippen molar-refractivity contribution in [2.75, 3.05) is 13.1 Å². The molecule has 134 valence electrons. The summed E-state index contributed by atoms with van der Waals surface area (Å²) < 4.78 is 5.47. The lowest BCUT2D eigenvalue weighted by molar-refractivity contribution is 0.0143. The van der Waals surface area contributed by atoms with Crippen LogP contribution in [0.3, 0.4) is 0 Å². The van der Waals surface area contributed by atoms with Crippen LogP contribution < -0.4 is 5.32 Å². The molecule has 0 radical (unpaired) electrons. The van der Waals surface area contributed by atoms with Crippen LogP contribution >= 0.6 is 0 Å². The Morgan fingerprint density at radius 1 is 1.38 bits per heavy atom. The third-order valence-corrected chi connectivity index (χ3v) is 4.52. The highest BCUT2D eigenvalue weighted by atomic mass is 16.6. The molecule has 0 aromatic carbocycles. The van der Waals surface area contributed by atoms with Crippen LogP contribution in [0.5, 0.6) is 0 Å². The summed E-state index contributed by atoms with van der Waals surface area (Å²) in [4.78, 5) is 14.0. The van der Waals surface area contributed by atoms with Gasteiger partial charge in [-0.1, -0.05) is 6.08 Å². The van der Waals surface area contributed by atoms with Gasteiger partial charge in [-0.15, -0.1) is 0 Å². The van der Waals surface area contributed by atoms with Gasteiger partial charge in [0.2, 0.25) is 0 Å². The van der Waals surface area contributed by atoms with E-state index in [-0.39, 0.29) is 11.5 Å². The SMILES string of the molecule is CC(C)NC1=C(C=N)CC2(C=C1)CCN(C(=O)OC(C)(C)C)CC2. The van der Waals surface area contributed by atoms with Crippen LogP contribution in [0.25, 0.3) is 0 Å². The number of carbonyl (C=O) groups is 1. The van der Waals surface area contributed by atoms with E-state index in [1.165, 1.54) is 6.21 Å². The van der Waals surface area contributed by atoms with E-state index in [1.807, 2.05) is 20.8 Å². The second-order valence-electron chi connectivity index (χ2n) is 8.22. The van der Waals surface area contributed by atoms with E-state index in [1.54, 1.807) is 4.90 Å². The number of hydrogen-bond donors (Lipinski definition) is 2. The summed E-state index contributed by atoms with van der Waals surface area (Å²) in [5.74, 6) is 0. The second-order valence-corrected chi connectivity index (χ2v) is 8.22. The number of hydrogen-bond acceptors (Lipinski definition) is 4. The molecule has 2 rings (SSSR count). The summed E-state index contributed by atoms with van der Waals surface area (Å²) in [6.45, 7) is 11.3. The minimum Gasteiger partial charge on any atom is -0.444 e. The lowest BCUT2D eigenvalue weighted by Crippen LogP contribution is -2.45.